The Kier molecular flexibility index (Phi) is 4.73. The van der Waals surface area contributed by atoms with Gasteiger partial charge in [0.05, 0.1) is 20.2 Å². The number of hydrogen-bond acceptors (Lipinski definition) is 4. The number of nitrogens with two attached hydrogens (primary N) is 1. The molecule has 1 aromatic heterocycles. The smallest absolute Gasteiger partial charge is 0.322 e. The summed E-state index contributed by atoms with van der Waals surface area (Å²) in [5.74, 6) is 0.520. The van der Waals surface area contributed by atoms with Gasteiger partial charge in [-0.1, -0.05) is 37.0 Å². The van der Waals surface area contributed by atoms with Gasteiger partial charge in [-0.15, -0.1) is 0 Å². The van der Waals surface area contributed by atoms with Crippen LogP contribution in [0.15, 0.2) is 22.8 Å². The predicted molar refractivity (Wildman–Crippen MR) is 84.8 cm³/mol. The Morgan fingerprint density at radius 2 is 1.85 bits per heavy atom. The van der Waals surface area contributed by atoms with Crippen molar-refractivity contribution in [1.82, 2.24) is 9.97 Å². The fourth-order valence-corrected chi connectivity index (χ4v) is 2.82. The van der Waals surface area contributed by atoms with Crippen molar-refractivity contribution in [2.75, 3.05) is 5.73 Å². The molecule has 0 aliphatic carbocycles. The van der Waals surface area contributed by atoms with E-state index in [1.54, 1.807) is 18.3 Å². The number of anilines is 1. The van der Waals surface area contributed by atoms with E-state index in [0.717, 1.165) is 10.2 Å². The first-order valence-electron chi connectivity index (χ1n) is 5.83. The van der Waals surface area contributed by atoms with Gasteiger partial charge in [-0.3, -0.25) is 0 Å². The van der Waals surface area contributed by atoms with Crippen molar-refractivity contribution in [3.05, 3.63) is 38.5 Å². The normalized spacial score (nSPS) is 10.9. The molecular formula is C13H12BrCl2N3O. The second-order valence-corrected chi connectivity index (χ2v) is 6.12. The lowest BCUT2D eigenvalue weighted by molar-refractivity contribution is 0.438. The van der Waals surface area contributed by atoms with Gasteiger partial charge in [-0.25, -0.2) is 4.98 Å². The predicted octanol–water partition coefficient (Wildman–Crippen LogP) is 5.04. The molecule has 106 valence electrons. The first kappa shape index (κ1) is 15.4. The van der Waals surface area contributed by atoms with Crippen molar-refractivity contribution in [2.45, 2.75) is 19.8 Å². The lowest BCUT2D eigenvalue weighted by atomic mass is 10.1. The number of aromatic nitrogens is 2. The number of halogens is 3. The molecule has 0 unspecified atom stereocenters. The molecule has 0 fully saturated rings. The minimum Gasteiger partial charge on any atom is -0.421 e. The van der Waals surface area contributed by atoms with E-state index in [9.17, 15) is 0 Å². The number of nitrogen functional groups attached to an aromatic ring is 1. The van der Waals surface area contributed by atoms with Gasteiger partial charge in [-0.2, -0.15) is 4.98 Å². The summed E-state index contributed by atoms with van der Waals surface area (Å²) < 4.78 is 6.41. The summed E-state index contributed by atoms with van der Waals surface area (Å²) >= 11 is 15.5. The lowest BCUT2D eigenvalue weighted by Crippen LogP contribution is -2.00. The zero-order valence-electron chi connectivity index (χ0n) is 10.8. The highest BCUT2D eigenvalue weighted by Gasteiger charge is 2.14. The summed E-state index contributed by atoms with van der Waals surface area (Å²) in [6.45, 7) is 4.06. The molecule has 2 N–H and O–H groups in total. The average molecular weight is 377 g/mol. The third-order valence-electron chi connectivity index (χ3n) is 2.51. The summed E-state index contributed by atoms with van der Waals surface area (Å²) in [5.41, 5.74) is 6.95. The summed E-state index contributed by atoms with van der Waals surface area (Å²) in [5, 5.41) is 0.625. The molecular weight excluding hydrogens is 365 g/mol. The van der Waals surface area contributed by atoms with Crippen molar-refractivity contribution in [2.24, 2.45) is 0 Å². The van der Waals surface area contributed by atoms with Crippen LogP contribution in [-0.4, -0.2) is 9.97 Å². The van der Waals surface area contributed by atoms with Crippen molar-refractivity contribution in [3.8, 4) is 11.8 Å². The van der Waals surface area contributed by atoms with E-state index in [2.05, 4.69) is 25.9 Å². The zero-order chi connectivity index (χ0) is 14.9. The molecule has 0 aliphatic rings. The molecule has 0 atom stereocenters. The second kappa shape index (κ2) is 6.16. The van der Waals surface area contributed by atoms with Crippen LogP contribution in [0.2, 0.25) is 10.0 Å². The van der Waals surface area contributed by atoms with Crippen molar-refractivity contribution in [3.63, 3.8) is 0 Å². The van der Waals surface area contributed by atoms with E-state index in [0.29, 0.717) is 21.5 Å². The fourth-order valence-electron chi connectivity index (χ4n) is 1.59. The highest BCUT2D eigenvalue weighted by molar-refractivity contribution is 9.10. The topological polar surface area (TPSA) is 61.0 Å². The fraction of sp³-hybridized carbons (Fsp3) is 0.231. The Bertz CT molecular complexity index is 627. The molecule has 20 heavy (non-hydrogen) atoms. The first-order valence-corrected chi connectivity index (χ1v) is 7.38. The van der Waals surface area contributed by atoms with Crippen molar-refractivity contribution >= 4 is 44.8 Å². The van der Waals surface area contributed by atoms with Gasteiger partial charge in [0.15, 0.2) is 5.75 Å². The highest BCUT2D eigenvalue weighted by Crippen LogP contribution is 2.37. The third kappa shape index (κ3) is 3.34. The number of hydrogen-bond donors (Lipinski definition) is 1. The van der Waals surface area contributed by atoms with E-state index in [1.807, 2.05) is 13.8 Å². The Morgan fingerprint density at radius 1 is 1.25 bits per heavy atom. The number of rotatable bonds is 3. The van der Waals surface area contributed by atoms with Crippen LogP contribution in [-0.2, 0) is 0 Å². The van der Waals surface area contributed by atoms with Crippen LogP contribution in [0, 0.1) is 0 Å². The summed E-state index contributed by atoms with van der Waals surface area (Å²) in [4.78, 5) is 8.44. The molecule has 4 nitrogen and oxygen atoms in total. The number of ether oxygens (including phenoxy) is 1. The quantitative estimate of drug-likeness (QED) is 0.762. The molecule has 1 heterocycles. The molecule has 1 aromatic carbocycles. The van der Waals surface area contributed by atoms with E-state index in [1.165, 1.54) is 0 Å². The molecule has 0 amide bonds. The molecule has 2 rings (SSSR count). The maximum absolute atomic E-state index is 6.06. The number of nitrogens with zero attached hydrogens (tertiary/aromatic N) is 2. The van der Waals surface area contributed by atoms with E-state index in [-0.39, 0.29) is 11.9 Å². The minimum atomic E-state index is 0.186. The van der Waals surface area contributed by atoms with Crippen molar-refractivity contribution < 1.29 is 4.74 Å². The Morgan fingerprint density at radius 3 is 2.40 bits per heavy atom. The van der Waals surface area contributed by atoms with Gasteiger partial charge in [0.1, 0.15) is 0 Å². The Hall–Kier alpha value is -1.04. The Labute approximate surface area is 135 Å². The molecule has 0 aliphatic heterocycles. The highest BCUT2D eigenvalue weighted by atomic mass is 79.9. The molecule has 0 saturated heterocycles. The average Bonchev–Trinajstić information content (AvgIpc) is 2.35. The van der Waals surface area contributed by atoms with Crippen LogP contribution in [0.1, 0.15) is 25.5 Å². The SMILES string of the molecule is CC(C)c1nc(Oc2c(Cl)cc(N)cc2Cl)ncc1Br. The lowest BCUT2D eigenvalue weighted by Gasteiger charge is -2.11. The zero-order valence-corrected chi connectivity index (χ0v) is 13.9. The van der Waals surface area contributed by atoms with Gasteiger partial charge in [0.2, 0.25) is 0 Å². The molecule has 2 aromatic rings. The summed E-state index contributed by atoms with van der Waals surface area (Å²) in [7, 11) is 0. The third-order valence-corrected chi connectivity index (χ3v) is 3.68. The van der Waals surface area contributed by atoms with Gasteiger partial charge in [-0.05, 0) is 34.0 Å². The van der Waals surface area contributed by atoms with E-state index >= 15 is 0 Å². The van der Waals surface area contributed by atoms with Crippen LogP contribution in [0.25, 0.3) is 0 Å². The van der Waals surface area contributed by atoms with Crippen LogP contribution in [0.4, 0.5) is 5.69 Å². The van der Waals surface area contributed by atoms with Crippen molar-refractivity contribution in [1.29, 1.82) is 0 Å². The van der Waals surface area contributed by atoms with Gasteiger partial charge < -0.3 is 10.5 Å². The van der Waals surface area contributed by atoms with Crippen LogP contribution >= 0.6 is 39.1 Å². The summed E-state index contributed by atoms with van der Waals surface area (Å²) in [6.07, 6.45) is 1.64. The second-order valence-electron chi connectivity index (χ2n) is 4.46. The van der Waals surface area contributed by atoms with Gasteiger partial charge in [0, 0.05) is 11.9 Å². The van der Waals surface area contributed by atoms with E-state index in [4.69, 9.17) is 33.7 Å². The van der Waals surface area contributed by atoms with Gasteiger partial charge in [0.25, 0.3) is 0 Å². The Balaban J connectivity index is 2.38. The largest absolute Gasteiger partial charge is 0.421 e. The minimum absolute atomic E-state index is 0.186. The molecule has 0 bridgehead atoms. The molecule has 0 radical (unpaired) electrons. The standard InChI is InChI=1S/C13H12BrCl2N3O/c1-6(2)11-8(14)5-18-13(19-11)20-12-9(15)3-7(17)4-10(12)16/h3-6H,17H2,1-2H3. The maximum Gasteiger partial charge on any atom is 0.322 e. The molecule has 0 spiro atoms. The van der Waals surface area contributed by atoms with Gasteiger partial charge >= 0.3 is 6.01 Å². The van der Waals surface area contributed by atoms with Crippen LogP contribution < -0.4 is 10.5 Å². The molecule has 7 heteroatoms. The monoisotopic (exact) mass is 375 g/mol. The maximum atomic E-state index is 6.06. The molecule has 0 saturated carbocycles. The summed E-state index contributed by atoms with van der Waals surface area (Å²) in [6, 6.07) is 3.31. The first-order chi connectivity index (χ1) is 9.38. The van der Waals surface area contributed by atoms with E-state index < -0.39 is 0 Å². The van der Waals surface area contributed by atoms with Crippen LogP contribution in [0.5, 0.6) is 11.8 Å². The van der Waals surface area contributed by atoms with Crippen LogP contribution in [0.3, 0.4) is 0 Å². The number of benzene rings is 1.